The first-order valence-corrected chi connectivity index (χ1v) is 15.1. The molecule has 0 fully saturated rings. The molecule has 0 bridgehead atoms. The largest absolute Gasteiger partial charge is 0.340 e. The zero-order chi connectivity index (χ0) is 23.5. The fourth-order valence-electron chi connectivity index (χ4n) is 5.25. The maximum absolute atomic E-state index is 3.73. The molecule has 33 heavy (non-hydrogen) atoms. The first-order valence-electron chi connectivity index (χ1n) is 13.5. The predicted molar refractivity (Wildman–Crippen MR) is 154 cm³/mol. The van der Waals surface area contributed by atoms with Gasteiger partial charge < -0.3 is 4.57 Å². The van der Waals surface area contributed by atoms with Gasteiger partial charge in [-0.25, -0.2) is 0 Å². The number of hydrogen-bond acceptors (Lipinski definition) is 0. The van der Waals surface area contributed by atoms with Crippen molar-refractivity contribution in [2.75, 3.05) is 0 Å². The molecule has 0 amide bonds. The van der Waals surface area contributed by atoms with E-state index in [1.165, 1.54) is 121 Å². The number of unbranched alkanes of at least 4 members (excludes halogenated alkanes) is 10. The Bertz CT molecular complexity index is 899. The van der Waals surface area contributed by atoms with Crippen LogP contribution in [0, 0.1) is 5.92 Å². The lowest BCUT2D eigenvalue weighted by Crippen LogP contribution is -2.11. The maximum atomic E-state index is 3.73. The van der Waals surface area contributed by atoms with Crippen molar-refractivity contribution in [3.8, 4) is 0 Å². The van der Waals surface area contributed by atoms with Gasteiger partial charge in [0.1, 0.15) is 0 Å². The lowest BCUT2D eigenvalue weighted by Gasteiger charge is -2.20. The summed E-state index contributed by atoms with van der Waals surface area (Å²) in [5.41, 5.74) is 2.74. The van der Waals surface area contributed by atoms with Crippen LogP contribution in [-0.4, -0.2) is 4.57 Å². The van der Waals surface area contributed by atoms with E-state index in [1.54, 1.807) is 0 Å². The van der Waals surface area contributed by atoms with E-state index >= 15 is 0 Å². The van der Waals surface area contributed by atoms with Crippen molar-refractivity contribution in [2.24, 2.45) is 5.92 Å². The summed E-state index contributed by atoms with van der Waals surface area (Å²) >= 11 is 7.45. The van der Waals surface area contributed by atoms with Gasteiger partial charge in [0.25, 0.3) is 0 Å². The minimum atomic E-state index is 0.763. The summed E-state index contributed by atoms with van der Waals surface area (Å²) in [6.07, 6.45) is 19.4. The summed E-state index contributed by atoms with van der Waals surface area (Å²) in [5.74, 6) is 0.763. The van der Waals surface area contributed by atoms with E-state index in [9.17, 15) is 0 Å². The summed E-state index contributed by atoms with van der Waals surface area (Å²) in [7, 11) is 0. The van der Waals surface area contributed by atoms with Crippen LogP contribution in [0.5, 0.6) is 0 Å². The average Bonchev–Trinajstić information content (AvgIpc) is 3.09. The third kappa shape index (κ3) is 8.13. The van der Waals surface area contributed by atoms with E-state index in [2.05, 4.69) is 86.7 Å². The molecule has 0 aliphatic rings. The lowest BCUT2D eigenvalue weighted by atomic mass is 9.93. The molecule has 1 aromatic heterocycles. The molecular weight excluding hydrogens is 534 g/mol. The molecule has 0 radical (unpaired) electrons. The number of halogens is 2. The summed E-state index contributed by atoms with van der Waals surface area (Å²) in [5, 5.41) is 2.75. The second kappa shape index (κ2) is 14.6. The van der Waals surface area contributed by atoms with Crippen LogP contribution >= 0.6 is 31.9 Å². The smallest absolute Gasteiger partial charge is 0.0502 e. The number of rotatable bonds is 16. The lowest BCUT2D eigenvalue weighted by molar-refractivity contribution is 0.364. The van der Waals surface area contributed by atoms with Crippen molar-refractivity contribution in [1.29, 1.82) is 0 Å². The van der Waals surface area contributed by atoms with Gasteiger partial charge >= 0.3 is 0 Å². The molecule has 0 saturated carbocycles. The van der Waals surface area contributed by atoms with Gasteiger partial charge in [0.05, 0.1) is 11.0 Å². The third-order valence-corrected chi connectivity index (χ3v) is 8.15. The highest BCUT2D eigenvalue weighted by molar-refractivity contribution is 9.10. The van der Waals surface area contributed by atoms with Gasteiger partial charge in [0.15, 0.2) is 0 Å². The monoisotopic (exact) mass is 575 g/mol. The van der Waals surface area contributed by atoms with Crippen molar-refractivity contribution < 1.29 is 0 Å². The van der Waals surface area contributed by atoms with Crippen molar-refractivity contribution in [2.45, 2.75) is 110 Å². The molecule has 1 nitrogen and oxygen atoms in total. The minimum absolute atomic E-state index is 0.763. The number of aromatic nitrogens is 1. The normalized spacial score (nSPS) is 11.9. The summed E-state index contributed by atoms with van der Waals surface area (Å²) in [6, 6.07) is 13.5. The molecule has 0 N–H and O–H groups in total. The van der Waals surface area contributed by atoms with Crippen LogP contribution in [0.2, 0.25) is 0 Å². The van der Waals surface area contributed by atoms with Crippen molar-refractivity contribution >= 4 is 53.7 Å². The predicted octanol–water partition coefficient (Wildman–Crippen LogP) is 11.4. The molecule has 0 saturated heterocycles. The quantitative estimate of drug-likeness (QED) is 0.149. The van der Waals surface area contributed by atoms with Crippen LogP contribution in [0.1, 0.15) is 104 Å². The second-order valence-corrected chi connectivity index (χ2v) is 11.7. The Morgan fingerprint density at radius 1 is 0.606 bits per heavy atom. The van der Waals surface area contributed by atoms with Gasteiger partial charge in [0.2, 0.25) is 0 Å². The Balaban J connectivity index is 1.75. The van der Waals surface area contributed by atoms with Crippen LogP contribution in [0.3, 0.4) is 0 Å². The van der Waals surface area contributed by atoms with Crippen LogP contribution in [0.15, 0.2) is 45.3 Å². The van der Waals surface area contributed by atoms with E-state index in [-0.39, 0.29) is 0 Å². The molecule has 1 heterocycles. The molecule has 2 aromatic carbocycles. The molecule has 0 atom stereocenters. The first kappa shape index (κ1) is 26.8. The zero-order valence-corrected chi connectivity index (χ0v) is 24.0. The minimum Gasteiger partial charge on any atom is -0.340 e. The molecule has 0 unspecified atom stereocenters. The van der Waals surface area contributed by atoms with Gasteiger partial charge in [-0.1, -0.05) is 135 Å². The molecule has 0 aliphatic carbocycles. The standard InChI is InChI=1S/C30H43Br2N/c1-3-5-7-9-11-13-15-24(16-14-12-10-8-6-4-2)23-33-29-21-25(31)17-19-27(29)28-20-18-26(32)22-30(28)33/h17-22,24H,3-16,23H2,1-2H3. The number of nitrogens with zero attached hydrogens (tertiary/aromatic N) is 1. The van der Waals surface area contributed by atoms with Crippen molar-refractivity contribution in [3.05, 3.63) is 45.3 Å². The maximum Gasteiger partial charge on any atom is 0.0502 e. The Kier molecular flexibility index (Phi) is 11.8. The first-order chi connectivity index (χ1) is 16.1. The van der Waals surface area contributed by atoms with E-state index in [0.29, 0.717) is 0 Å². The third-order valence-electron chi connectivity index (χ3n) is 7.16. The van der Waals surface area contributed by atoms with Gasteiger partial charge in [-0.2, -0.15) is 0 Å². The van der Waals surface area contributed by atoms with E-state index in [0.717, 1.165) is 12.5 Å². The Hall–Kier alpha value is -0.800. The van der Waals surface area contributed by atoms with Crippen LogP contribution < -0.4 is 0 Å². The van der Waals surface area contributed by atoms with E-state index in [1.807, 2.05) is 0 Å². The van der Waals surface area contributed by atoms with Gasteiger partial charge in [0, 0.05) is 26.3 Å². The van der Waals surface area contributed by atoms with E-state index < -0.39 is 0 Å². The average molecular weight is 577 g/mol. The number of fused-ring (bicyclic) bond motifs is 3. The highest BCUT2D eigenvalue weighted by Crippen LogP contribution is 2.34. The van der Waals surface area contributed by atoms with Crippen molar-refractivity contribution in [1.82, 2.24) is 4.57 Å². The molecule has 3 aromatic rings. The molecule has 0 aliphatic heterocycles. The van der Waals surface area contributed by atoms with Gasteiger partial charge in [-0.05, 0) is 43.0 Å². The van der Waals surface area contributed by atoms with Crippen molar-refractivity contribution in [3.63, 3.8) is 0 Å². The Morgan fingerprint density at radius 2 is 1.03 bits per heavy atom. The topological polar surface area (TPSA) is 4.93 Å². The molecule has 182 valence electrons. The van der Waals surface area contributed by atoms with Crippen LogP contribution in [0.25, 0.3) is 21.8 Å². The van der Waals surface area contributed by atoms with Crippen LogP contribution in [0.4, 0.5) is 0 Å². The zero-order valence-electron chi connectivity index (χ0n) is 20.9. The fraction of sp³-hybridized carbons (Fsp3) is 0.600. The molecular formula is C30H43Br2N. The summed E-state index contributed by atoms with van der Waals surface area (Å²) in [6.45, 7) is 5.74. The van der Waals surface area contributed by atoms with Gasteiger partial charge in [-0.15, -0.1) is 0 Å². The molecule has 3 rings (SSSR count). The molecule has 3 heteroatoms. The SMILES string of the molecule is CCCCCCCCC(CCCCCCCC)Cn1c2cc(Br)ccc2c2ccc(Br)cc21. The number of hydrogen-bond donors (Lipinski definition) is 0. The summed E-state index contributed by atoms with van der Waals surface area (Å²) < 4.78 is 4.95. The Labute approximate surface area is 219 Å². The van der Waals surface area contributed by atoms with Gasteiger partial charge in [-0.3, -0.25) is 0 Å². The van der Waals surface area contributed by atoms with Crippen LogP contribution in [-0.2, 0) is 6.54 Å². The fourth-order valence-corrected chi connectivity index (χ4v) is 5.95. The summed E-state index contributed by atoms with van der Waals surface area (Å²) in [4.78, 5) is 0. The highest BCUT2D eigenvalue weighted by atomic mass is 79.9. The second-order valence-electron chi connectivity index (χ2n) is 9.91. The Morgan fingerprint density at radius 3 is 1.48 bits per heavy atom. The van der Waals surface area contributed by atoms with E-state index in [4.69, 9.17) is 0 Å². The highest BCUT2D eigenvalue weighted by Gasteiger charge is 2.16. The number of benzene rings is 2. The molecule has 0 spiro atoms.